The molecule has 198 valence electrons. The molecular formula is C24H25F3N4O4S2. The van der Waals surface area contributed by atoms with Gasteiger partial charge in [0, 0.05) is 30.6 Å². The van der Waals surface area contributed by atoms with E-state index in [4.69, 9.17) is 4.74 Å². The molecule has 3 aromatic rings. The highest BCUT2D eigenvalue weighted by Gasteiger charge is 2.40. The van der Waals surface area contributed by atoms with Gasteiger partial charge in [-0.3, -0.25) is 9.52 Å². The first-order chi connectivity index (χ1) is 17.4. The molecule has 37 heavy (non-hydrogen) atoms. The standard InChI is InChI=1S/C24H25F3N4O4S2/c1-13(2)22-29-30-23(36-22)31-37(33,34)17-7-4-14(5-8-17)19-11-20(19)28-21(32)18-9-6-16(24(25,26)27)10-15(18)12-35-3/h4-10,13,19-20H,11-12H2,1-3H3,(H,28,32)(H,30,31)/t19-,20+/m0/s1. The zero-order valence-corrected chi connectivity index (χ0v) is 21.8. The molecule has 1 heterocycles. The van der Waals surface area contributed by atoms with Crippen LogP contribution in [0.15, 0.2) is 47.4 Å². The second-order valence-corrected chi connectivity index (χ2v) is 11.7. The Morgan fingerprint density at radius 3 is 2.46 bits per heavy atom. The largest absolute Gasteiger partial charge is 0.416 e. The molecule has 1 aliphatic rings. The minimum atomic E-state index is -4.53. The van der Waals surface area contributed by atoms with Gasteiger partial charge in [-0.05, 0) is 47.9 Å². The monoisotopic (exact) mass is 554 g/mol. The Morgan fingerprint density at radius 2 is 1.86 bits per heavy atom. The number of aromatic nitrogens is 2. The minimum Gasteiger partial charge on any atom is -0.380 e. The second kappa shape index (κ2) is 10.4. The molecule has 1 aromatic heterocycles. The summed E-state index contributed by atoms with van der Waals surface area (Å²) in [5, 5.41) is 11.6. The van der Waals surface area contributed by atoms with E-state index >= 15 is 0 Å². The Hall–Kier alpha value is -3.03. The molecule has 2 atom stereocenters. The number of nitrogens with zero attached hydrogens (tertiary/aromatic N) is 2. The number of hydrogen-bond acceptors (Lipinski definition) is 7. The van der Waals surface area contributed by atoms with Crippen LogP contribution in [-0.2, 0) is 27.5 Å². The van der Waals surface area contributed by atoms with Gasteiger partial charge in [0.15, 0.2) is 0 Å². The van der Waals surface area contributed by atoms with Crippen LogP contribution in [0.2, 0.25) is 0 Å². The lowest BCUT2D eigenvalue weighted by atomic mass is 10.0. The van der Waals surface area contributed by atoms with E-state index < -0.39 is 27.7 Å². The molecule has 2 N–H and O–H groups in total. The van der Waals surface area contributed by atoms with E-state index in [9.17, 15) is 26.4 Å². The fourth-order valence-electron chi connectivity index (χ4n) is 3.81. The molecule has 0 radical (unpaired) electrons. The van der Waals surface area contributed by atoms with Gasteiger partial charge in [0.05, 0.1) is 17.1 Å². The number of rotatable bonds is 9. The van der Waals surface area contributed by atoms with Gasteiger partial charge >= 0.3 is 6.18 Å². The van der Waals surface area contributed by atoms with Crippen LogP contribution in [0.4, 0.5) is 18.3 Å². The molecule has 1 amide bonds. The van der Waals surface area contributed by atoms with Crippen molar-refractivity contribution in [2.24, 2.45) is 0 Å². The average molecular weight is 555 g/mol. The summed E-state index contributed by atoms with van der Waals surface area (Å²) in [6.45, 7) is 3.74. The third-order valence-electron chi connectivity index (χ3n) is 5.86. The van der Waals surface area contributed by atoms with Crippen molar-refractivity contribution in [2.75, 3.05) is 11.8 Å². The maximum absolute atomic E-state index is 13.1. The maximum atomic E-state index is 13.1. The van der Waals surface area contributed by atoms with Crippen molar-refractivity contribution >= 4 is 32.4 Å². The highest BCUT2D eigenvalue weighted by Crippen LogP contribution is 2.41. The van der Waals surface area contributed by atoms with Crippen molar-refractivity contribution in [2.45, 2.75) is 55.8 Å². The predicted molar refractivity (Wildman–Crippen MR) is 132 cm³/mol. The molecule has 1 aliphatic carbocycles. The summed E-state index contributed by atoms with van der Waals surface area (Å²) in [5.41, 5.74) is 0.249. The van der Waals surface area contributed by atoms with Gasteiger partial charge in [-0.2, -0.15) is 13.2 Å². The Labute approximate surface area is 216 Å². The van der Waals surface area contributed by atoms with E-state index in [0.29, 0.717) is 6.42 Å². The van der Waals surface area contributed by atoms with E-state index in [1.165, 1.54) is 30.6 Å². The number of nitrogens with one attached hydrogen (secondary N) is 2. The SMILES string of the molecule is COCc1cc(C(F)(F)F)ccc1C(=O)N[C@@H]1C[C@H]1c1ccc(S(=O)(=O)Nc2nnc(C(C)C)s2)cc1. The lowest BCUT2D eigenvalue weighted by Gasteiger charge is -2.13. The lowest BCUT2D eigenvalue weighted by Crippen LogP contribution is -2.28. The lowest BCUT2D eigenvalue weighted by molar-refractivity contribution is -0.137. The minimum absolute atomic E-state index is 0.0363. The molecule has 1 fully saturated rings. The Balaban J connectivity index is 1.40. The van der Waals surface area contributed by atoms with Gasteiger partial charge < -0.3 is 10.1 Å². The molecular weight excluding hydrogens is 529 g/mol. The maximum Gasteiger partial charge on any atom is 0.416 e. The van der Waals surface area contributed by atoms with Crippen LogP contribution in [0.3, 0.4) is 0 Å². The molecule has 0 aliphatic heterocycles. The molecule has 13 heteroatoms. The molecule has 0 saturated heterocycles. The highest BCUT2D eigenvalue weighted by atomic mass is 32.2. The number of hydrogen-bond donors (Lipinski definition) is 2. The van der Waals surface area contributed by atoms with Gasteiger partial charge in [-0.15, -0.1) is 10.2 Å². The summed E-state index contributed by atoms with van der Waals surface area (Å²) in [6.07, 6.45) is -3.90. The molecule has 2 aromatic carbocycles. The molecule has 0 unspecified atom stereocenters. The molecule has 1 saturated carbocycles. The Morgan fingerprint density at radius 1 is 1.16 bits per heavy atom. The number of methoxy groups -OCH3 is 1. The van der Waals surface area contributed by atoms with Crippen LogP contribution >= 0.6 is 11.3 Å². The van der Waals surface area contributed by atoms with E-state index in [-0.39, 0.29) is 45.6 Å². The van der Waals surface area contributed by atoms with Crippen LogP contribution in [-0.4, -0.2) is 37.7 Å². The summed E-state index contributed by atoms with van der Waals surface area (Å²) in [6, 6.07) is 9.04. The van der Waals surface area contributed by atoms with Crippen LogP contribution < -0.4 is 10.0 Å². The predicted octanol–water partition coefficient (Wildman–Crippen LogP) is 4.91. The summed E-state index contributed by atoms with van der Waals surface area (Å²) < 4.78 is 72.0. The van der Waals surface area contributed by atoms with Gasteiger partial charge in [0.25, 0.3) is 15.9 Å². The van der Waals surface area contributed by atoms with Crippen molar-refractivity contribution < 1.29 is 31.1 Å². The van der Waals surface area contributed by atoms with E-state index in [1.807, 2.05) is 13.8 Å². The van der Waals surface area contributed by atoms with Crippen molar-refractivity contribution in [3.8, 4) is 0 Å². The number of carbonyl (C=O) groups excluding carboxylic acids is 1. The van der Waals surface area contributed by atoms with E-state index in [2.05, 4.69) is 20.2 Å². The van der Waals surface area contributed by atoms with Crippen molar-refractivity contribution in [3.63, 3.8) is 0 Å². The normalized spacial score (nSPS) is 17.6. The van der Waals surface area contributed by atoms with Gasteiger partial charge in [0.1, 0.15) is 5.01 Å². The fourth-order valence-corrected chi connectivity index (χ4v) is 5.79. The highest BCUT2D eigenvalue weighted by molar-refractivity contribution is 7.93. The number of anilines is 1. The Kier molecular flexibility index (Phi) is 7.58. The number of halogens is 3. The number of alkyl halides is 3. The quantitative estimate of drug-likeness (QED) is 0.389. The smallest absolute Gasteiger partial charge is 0.380 e. The first kappa shape index (κ1) is 27.0. The first-order valence-corrected chi connectivity index (χ1v) is 13.6. The third-order valence-corrected chi connectivity index (χ3v) is 8.48. The van der Waals surface area contributed by atoms with Gasteiger partial charge in [-0.25, -0.2) is 8.42 Å². The van der Waals surface area contributed by atoms with Crippen LogP contribution in [0.1, 0.15) is 64.2 Å². The molecule has 0 spiro atoms. The van der Waals surface area contributed by atoms with E-state index in [1.54, 1.807) is 12.1 Å². The number of ether oxygens (including phenoxy) is 1. The molecule has 0 bridgehead atoms. The number of amides is 1. The van der Waals surface area contributed by atoms with E-state index in [0.717, 1.165) is 28.8 Å². The summed E-state index contributed by atoms with van der Waals surface area (Å²) in [7, 11) is -2.50. The van der Waals surface area contributed by atoms with Crippen molar-refractivity contribution in [3.05, 3.63) is 69.7 Å². The van der Waals surface area contributed by atoms with Crippen LogP contribution in [0.25, 0.3) is 0 Å². The number of sulfonamides is 1. The first-order valence-electron chi connectivity index (χ1n) is 11.3. The third kappa shape index (κ3) is 6.28. The summed E-state index contributed by atoms with van der Waals surface area (Å²) in [4.78, 5) is 12.8. The number of benzene rings is 2. The van der Waals surface area contributed by atoms with Crippen LogP contribution in [0, 0.1) is 0 Å². The van der Waals surface area contributed by atoms with Crippen LogP contribution in [0.5, 0.6) is 0 Å². The molecule has 8 nitrogen and oxygen atoms in total. The number of carbonyl (C=O) groups is 1. The average Bonchev–Trinajstić information content (AvgIpc) is 3.43. The van der Waals surface area contributed by atoms with Gasteiger partial charge in [0.2, 0.25) is 5.13 Å². The second-order valence-electron chi connectivity index (χ2n) is 9.00. The van der Waals surface area contributed by atoms with Gasteiger partial charge in [-0.1, -0.05) is 37.3 Å². The topological polar surface area (TPSA) is 110 Å². The fraction of sp³-hybridized carbons (Fsp3) is 0.375. The van der Waals surface area contributed by atoms with Crippen molar-refractivity contribution in [1.82, 2.24) is 15.5 Å². The summed E-state index contributed by atoms with van der Waals surface area (Å²) >= 11 is 1.17. The van der Waals surface area contributed by atoms with Crippen molar-refractivity contribution in [1.29, 1.82) is 0 Å². The zero-order valence-electron chi connectivity index (χ0n) is 20.2. The molecule has 4 rings (SSSR count). The Bertz CT molecular complexity index is 1390. The zero-order chi connectivity index (χ0) is 27.0. The summed E-state index contributed by atoms with van der Waals surface area (Å²) in [5.74, 6) is -0.395.